The number of hydroxylamine groups is 2. The molecule has 10 heteroatoms. The van der Waals surface area contributed by atoms with E-state index in [1.807, 2.05) is 24.3 Å². The summed E-state index contributed by atoms with van der Waals surface area (Å²) in [5.41, 5.74) is 5.34. The van der Waals surface area contributed by atoms with Crippen LogP contribution < -0.4 is 0 Å². The summed E-state index contributed by atoms with van der Waals surface area (Å²) in [7, 11) is 0. The molecule has 0 N–H and O–H groups in total. The SMILES string of the molecule is O=C(ON1C(=O)c2ccccc2C1=O)c1cnn2c1CN(C(=O)OCC1c3ccccc3-c3ccccc31)CC2. The summed E-state index contributed by atoms with van der Waals surface area (Å²) in [6, 6.07) is 22.5. The van der Waals surface area contributed by atoms with Gasteiger partial charge in [-0.25, -0.2) is 9.59 Å². The summed E-state index contributed by atoms with van der Waals surface area (Å²) in [4.78, 5) is 58.1. The fraction of sp³-hybridized carbons (Fsp3) is 0.167. The average molecular weight is 535 g/mol. The van der Waals surface area contributed by atoms with Crippen molar-refractivity contribution in [2.24, 2.45) is 0 Å². The van der Waals surface area contributed by atoms with Crippen LogP contribution in [0.5, 0.6) is 0 Å². The number of carbonyl (C=O) groups is 4. The Balaban J connectivity index is 1.04. The number of amides is 3. The predicted octanol–water partition coefficient (Wildman–Crippen LogP) is 4.02. The molecule has 0 saturated heterocycles. The van der Waals surface area contributed by atoms with Gasteiger partial charge in [0.25, 0.3) is 11.8 Å². The van der Waals surface area contributed by atoms with Crippen molar-refractivity contribution >= 4 is 23.9 Å². The third kappa shape index (κ3) is 3.68. The van der Waals surface area contributed by atoms with Crippen molar-refractivity contribution in [2.45, 2.75) is 19.0 Å². The minimum Gasteiger partial charge on any atom is -0.448 e. The summed E-state index contributed by atoms with van der Waals surface area (Å²) in [5, 5.41) is 4.69. The number of fused-ring (bicyclic) bond motifs is 5. The fourth-order valence-electron chi connectivity index (χ4n) is 5.64. The van der Waals surface area contributed by atoms with Crippen LogP contribution in [0.25, 0.3) is 11.1 Å². The van der Waals surface area contributed by atoms with Crippen LogP contribution in [0.4, 0.5) is 4.79 Å². The number of ether oxygens (including phenoxy) is 1. The van der Waals surface area contributed by atoms with E-state index in [2.05, 4.69) is 29.4 Å². The van der Waals surface area contributed by atoms with E-state index in [9.17, 15) is 19.2 Å². The molecular formula is C30H22N4O6. The van der Waals surface area contributed by atoms with Crippen molar-refractivity contribution in [1.82, 2.24) is 19.7 Å². The van der Waals surface area contributed by atoms with Crippen LogP contribution in [0, 0.1) is 0 Å². The molecule has 4 aromatic rings. The third-order valence-electron chi connectivity index (χ3n) is 7.62. The standard InChI is InChI=1S/C30H22N4O6/c35-27-22-11-5-6-12-23(22)28(36)34(27)40-29(37)24-15-31-33-14-13-32(16-26(24)33)30(38)39-17-25-20-9-3-1-7-18(20)19-8-2-4-10-21(19)25/h1-12,15,25H,13-14,16-17H2. The van der Waals surface area contributed by atoms with E-state index in [1.165, 1.54) is 23.2 Å². The summed E-state index contributed by atoms with van der Waals surface area (Å²) in [6.07, 6.45) is 0.811. The second-order valence-electron chi connectivity index (χ2n) is 9.78. The first-order valence-electron chi connectivity index (χ1n) is 12.9. The second kappa shape index (κ2) is 9.19. The van der Waals surface area contributed by atoms with Crippen LogP contribution in [0.15, 0.2) is 79.0 Å². The maximum atomic E-state index is 13.1. The minimum absolute atomic E-state index is 0.0588. The molecule has 0 unspecified atom stereocenters. The van der Waals surface area contributed by atoms with Gasteiger partial charge in [0.15, 0.2) is 0 Å². The summed E-state index contributed by atoms with van der Waals surface area (Å²) >= 11 is 0. The zero-order valence-electron chi connectivity index (χ0n) is 21.1. The Hall–Kier alpha value is -5.25. The Morgan fingerprint density at radius 2 is 1.38 bits per heavy atom. The Labute approximate surface area is 228 Å². The number of carbonyl (C=O) groups excluding carboxylic acids is 4. The van der Waals surface area contributed by atoms with Crippen LogP contribution in [-0.2, 0) is 22.7 Å². The van der Waals surface area contributed by atoms with Gasteiger partial charge in [0, 0.05) is 12.5 Å². The first kappa shape index (κ1) is 23.8. The molecule has 0 spiro atoms. The van der Waals surface area contributed by atoms with Gasteiger partial charge in [0.05, 0.1) is 36.1 Å². The maximum absolute atomic E-state index is 13.1. The number of hydrogen-bond donors (Lipinski definition) is 0. The largest absolute Gasteiger partial charge is 0.448 e. The number of rotatable bonds is 4. The minimum atomic E-state index is -0.912. The van der Waals surface area contributed by atoms with Crippen LogP contribution in [-0.4, -0.2) is 56.8 Å². The van der Waals surface area contributed by atoms with Gasteiger partial charge in [-0.15, -0.1) is 0 Å². The Morgan fingerprint density at radius 1 is 0.800 bits per heavy atom. The monoisotopic (exact) mass is 534 g/mol. The second-order valence-corrected chi connectivity index (χ2v) is 9.78. The van der Waals surface area contributed by atoms with Crippen molar-refractivity contribution in [1.29, 1.82) is 0 Å². The topological polar surface area (TPSA) is 111 Å². The average Bonchev–Trinajstić information content (AvgIpc) is 3.63. The molecule has 0 fully saturated rings. The van der Waals surface area contributed by atoms with E-state index in [0.717, 1.165) is 22.3 Å². The van der Waals surface area contributed by atoms with Gasteiger partial charge in [-0.05, 0) is 34.4 Å². The van der Waals surface area contributed by atoms with Gasteiger partial charge >= 0.3 is 12.1 Å². The maximum Gasteiger partial charge on any atom is 0.410 e. The van der Waals surface area contributed by atoms with E-state index in [4.69, 9.17) is 9.57 Å². The van der Waals surface area contributed by atoms with Crippen LogP contribution in [0.2, 0.25) is 0 Å². The molecule has 3 amide bonds. The van der Waals surface area contributed by atoms with Gasteiger partial charge in [-0.2, -0.15) is 5.10 Å². The molecule has 0 atom stereocenters. The highest BCUT2D eigenvalue weighted by atomic mass is 16.7. The Bertz CT molecular complexity index is 1650. The smallest absolute Gasteiger partial charge is 0.410 e. The third-order valence-corrected chi connectivity index (χ3v) is 7.62. The number of aromatic nitrogens is 2. The van der Waals surface area contributed by atoms with Crippen LogP contribution in [0.1, 0.15) is 53.8 Å². The normalized spacial score (nSPS) is 15.4. The first-order chi connectivity index (χ1) is 19.5. The summed E-state index contributed by atoms with van der Waals surface area (Å²) in [6.45, 7) is 0.929. The zero-order valence-corrected chi connectivity index (χ0v) is 21.1. The molecule has 3 heterocycles. The van der Waals surface area contributed by atoms with Gasteiger partial charge in [-0.1, -0.05) is 65.7 Å². The highest BCUT2D eigenvalue weighted by molar-refractivity contribution is 6.21. The van der Waals surface area contributed by atoms with Crippen LogP contribution in [0.3, 0.4) is 0 Å². The van der Waals surface area contributed by atoms with Crippen molar-refractivity contribution in [3.8, 4) is 11.1 Å². The molecule has 0 radical (unpaired) electrons. The molecule has 1 aliphatic carbocycles. The molecule has 3 aromatic carbocycles. The summed E-state index contributed by atoms with van der Waals surface area (Å²) in [5.74, 6) is -2.41. The van der Waals surface area contributed by atoms with Gasteiger partial charge in [0.1, 0.15) is 12.2 Å². The number of hydrogen-bond acceptors (Lipinski definition) is 7. The van der Waals surface area contributed by atoms with Gasteiger partial charge < -0.3 is 14.5 Å². The number of nitrogens with zero attached hydrogens (tertiary/aromatic N) is 4. The van der Waals surface area contributed by atoms with Crippen molar-refractivity contribution in [3.05, 3.63) is 113 Å². The predicted molar refractivity (Wildman–Crippen MR) is 140 cm³/mol. The van der Waals surface area contributed by atoms with E-state index in [1.54, 1.807) is 16.8 Å². The Kier molecular flexibility index (Phi) is 5.48. The molecule has 3 aliphatic rings. The molecule has 7 rings (SSSR count). The Morgan fingerprint density at radius 3 is 2.00 bits per heavy atom. The van der Waals surface area contributed by atoms with Crippen molar-refractivity contribution in [2.75, 3.05) is 13.2 Å². The molecule has 10 nitrogen and oxygen atoms in total. The lowest BCUT2D eigenvalue weighted by Crippen LogP contribution is -2.40. The van der Waals surface area contributed by atoms with Gasteiger partial charge in [0.2, 0.25) is 0 Å². The van der Waals surface area contributed by atoms with Crippen molar-refractivity contribution < 1.29 is 28.8 Å². The molecule has 198 valence electrons. The number of benzene rings is 3. The van der Waals surface area contributed by atoms with Crippen molar-refractivity contribution in [3.63, 3.8) is 0 Å². The lowest BCUT2D eigenvalue weighted by atomic mass is 9.98. The highest BCUT2D eigenvalue weighted by Gasteiger charge is 2.40. The first-order valence-corrected chi connectivity index (χ1v) is 12.9. The number of imide groups is 1. The van der Waals surface area contributed by atoms with Crippen LogP contribution >= 0.6 is 0 Å². The quantitative estimate of drug-likeness (QED) is 0.364. The highest BCUT2D eigenvalue weighted by Crippen LogP contribution is 2.44. The zero-order chi connectivity index (χ0) is 27.4. The summed E-state index contributed by atoms with van der Waals surface area (Å²) < 4.78 is 7.39. The lowest BCUT2D eigenvalue weighted by molar-refractivity contribution is -0.0586. The molecular weight excluding hydrogens is 512 g/mol. The fourth-order valence-corrected chi connectivity index (χ4v) is 5.64. The molecule has 1 aromatic heterocycles. The van der Waals surface area contributed by atoms with E-state index in [0.29, 0.717) is 23.8 Å². The van der Waals surface area contributed by atoms with E-state index in [-0.39, 0.29) is 35.8 Å². The van der Waals surface area contributed by atoms with E-state index < -0.39 is 23.9 Å². The molecule has 40 heavy (non-hydrogen) atoms. The van der Waals surface area contributed by atoms with E-state index >= 15 is 0 Å². The molecule has 0 saturated carbocycles. The molecule has 2 aliphatic heterocycles. The molecule has 0 bridgehead atoms. The van der Waals surface area contributed by atoms with Gasteiger partial charge in [-0.3, -0.25) is 14.3 Å². The lowest BCUT2D eigenvalue weighted by Gasteiger charge is -2.28.